The average molecular weight is 313 g/mol. The summed E-state index contributed by atoms with van der Waals surface area (Å²) < 4.78 is 11.1. The Bertz CT molecular complexity index is 436. The summed E-state index contributed by atoms with van der Waals surface area (Å²) in [5, 5.41) is 8.60. The number of unbranched alkanes of at least 4 members (excludes halogenated alkanes) is 1. The van der Waals surface area contributed by atoms with Gasteiger partial charge in [0.1, 0.15) is 11.3 Å². The van der Waals surface area contributed by atoms with Crippen LogP contribution in [0.4, 0.5) is 4.79 Å². The van der Waals surface area contributed by atoms with Gasteiger partial charge in [-0.15, -0.1) is 0 Å². The standard InChI is InChI=1S/C16H27NO5/c1-15(2,3)22-14(20)17-12(11-21-16(17,4)5)9-7-6-8-10-13(18)19/h7,9,12H,6,8,10-11H2,1-5H3,(H,18,19)/b9-7-. The number of hydrogen-bond donors (Lipinski definition) is 1. The second-order valence-corrected chi connectivity index (χ2v) is 6.89. The monoisotopic (exact) mass is 313 g/mol. The van der Waals surface area contributed by atoms with Gasteiger partial charge in [0.05, 0.1) is 12.6 Å². The Kier molecular flexibility index (Phi) is 6.00. The summed E-state index contributed by atoms with van der Waals surface area (Å²) in [6.45, 7) is 9.54. The van der Waals surface area contributed by atoms with Gasteiger partial charge in [0, 0.05) is 6.42 Å². The maximum absolute atomic E-state index is 12.4. The summed E-state index contributed by atoms with van der Waals surface area (Å²) in [4.78, 5) is 24.4. The first-order valence-corrected chi connectivity index (χ1v) is 7.58. The molecule has 1 heterocycles. The van der Waals surface area contributed by atoms with Crippen LogP contribution in [0, 0.1) is 0 Å². The molecule has 1 fully saturated rings. The normalized spacial score (nSPS) is 21.3. The molecule has 126 valence electrons. The molecule has 1 amide bonds. The highest BCUT2D eigenvalue weighted by Crippen LogP contribution is 2.30. The first-order valence-electron chi connectivity index (χ1n) is 7.58. The van der Waals surface area contributed by atoms with Gasteiger partial charge in [-0.3, -0.25) is 9.69 Å². The molecule has 1 unspecified atom stereocenters. The van der Waals surface area contributed by atoms with Crippen molar-refractivity contribution >= 4 is 12.1 Å². The molecule has 1 aliphatic rings. The molecule has 1 aliphatic heterocycles. The van der Waals surface area contributed by atoms with E-state index in [4.69, 9.17) is 14.6 Å². The molecule has 0 bridgehead atoms. The Morgan fingerprint density at radius 3 is 2.59 bits per heavy atom. The zero-order valence-corrected chi connectivity index (χ0v) is 14.1. The number of carboxylic acids is 1. The first-order chi connectivity index (χ1) is 10.0. The first kappa shape index (κ1) is 18.5. The van der Waals surface area contributed by atoms with Crippen molar-refractivity contribution in [2.45, 2.75) is 71.2 Å². The third-order valence-electron chi connectivity index (χ3n) is 3.23. The van der Waals surface area contributed by atoms with E-state index in [9.17, 15) is 9.59 Å². The van der Waals surface area contributed by atoms with E-state index in [2.05, 4.69) is 0 Å². The van der Waals surface area contributed by atoms with Gasteiger partial charge in [-0.25, -0.2) is 4.79 Å². The van der Waals surface area contributed by atoms with E-state index in [0.717, 1.165) is 0 Å². The van der Waals surface area contributed by atoms with E-state index in [0.29, 0.717) is 19.4 Å². The minimum absolute atomic E-state index is 0.146. The third-order valence-corrected chi connectivity index (χ3v) is 3.23. The number of hydrogen-bond acceptors (Lipinski definition) is 4. The van der Waals surface area contributed by atoms with Gasteiger partial charge < -0.3 is 14.6 Å². The van der Waals surface area contributed by atoms with E-state index < -0.39 is 23.4 Å². The molecule has 0 saturated carbocycles. The predicted molar refractivity (Wildman–Crippen MR) is 82.5 cm³/mol. The Morgan fingerprint density at radius 1 is 1.41 bits per heavy atom. The highest BCUT2D eigenvalue weighted by molar-refractivity contribution is 5.70. The van der Waals surface area contributed by atoms with E-state index in [1.165, 1.54) is 0 Å². The number of carbonyl (C=O) groups is 2. The van der Waals surface area contributed by atoms with Gasteiger partial charge in [-0.1, -0.05) is 12.2 Å². The van der Waals surface area contributed by atoms with Crippen molar-refractivity contribution in [3.05, 3.63) is 12.2 Å². The van der Waals surface area contributed by atoms with Crippen LogP contribution in [0.25, 0.3) is 0 Å². The van der Waals surface area contributed by atoms with Crippen molar-refractivity contribution < 1.29 is 24.2 Å². The molecule has 0 aromatic carbocycles. The zero-order chi connectivity index (χ0) is 17.0. The second-order valence-electron chi connectivity index (χ2n) is 6.89. The van der Waals surface area contributed by atoms with Gasteiger partial charge in [0.2, 0.25) is 0 Å². The number of ether oxygens (including phenoxy) is 2. The molecule has 22 heavy (non-hydrogen) atoms. The highest BCUT2D eigenvalue weighted by Gasteiger charge is 2.44. The number of amides is 1. The van der Waals surface area contributed by atoms with Crippen LogP contribution in [0.3, 0.4) is 0 Å². The lowest BCUT2D eigenvalue weighted by atomic mass is 10.1. The highest BCUT2D eigenvalue weighted by atomic mass is 16.6. The van der Waals surface area contributed by atoms with Gasteiger partial charge in [-0.05, 0) is 47.5 Å². The van der Waals surface area contributed by atoms with Crippen LogP contribution in [0.5, 0.6) is 0 Å². The molecule has 0 spiro atoms. The molecule has 1 rings (SSSR count). The largest absolute Gasteiger partial charge is 0.481 e. The summed E-state index contributed by atoms with van der Waals surface area (Å²) in [5.41, 5.74) is -1.29. The second kappa shape index (κ2) is 7.13. The van der Waals surface area contributed by atoms with Crippen LogP contribution in [-0.4, -0.2) is 46.0 Å². The maximum Gasteiger partial charge on any atom is 0.413 e. The van der Waals surface area contributed by atoms with Crippen molar-refractivity contribution in [2.24, 2.45) is 0 Å². The van der Waals surface area contributed by atoms with Crippen LogP contribution in [0.15, 0.2) is 12.2 Å². The fourth-order valence-electron chi connectivity index (χ4n) is 2.27. The van der Waals surface area contributed by atoms with Crippen LogP contribution in [0.2, 0.25) is 0 Å². The molecule has 6 nitrogen and oxygen atoms in total. The minimum atomic E-state index is -0.797. The van der Waals surface area contributed by atoms with Gasteiger partial charge in [-0.2, -0.15) is 0 Å². The average Bonchev–Trinajstić information content (AvgIpc) is 2.61. The summed E-state index contributed by atoms with van der Waals surface area (Å²) in [7, 11) is 0. The zero-order valence-electron chi connectivity index (χ0n) is 14.1. The lowest BCUT2D eigenvalue weighted by Crippen LogP contribution is -2.49. The summed E-state index contributed by atoms with van der Waals surface area (Å²) in [6.07, 6.45) is 4.76. The molecule has 0 aliphatic carbocycles. The number of rotatable bonds is 5. The van der Waals surface area contributed by atoms with Gasteiger partial charge >= 0.3 is 12.1 Å². The molecule has 1 N–H and O–H groups in total. The number of allylic oxidation sites excluding steroid dienone is 1. The smallest absolute Gasteiger partial charge is 0.413 e. The van der Waals surface area contributed by atoms with E-state index in [-0.39, 0.29) is 12.5 Å². The molecular formula is C16H27NO5. The SMILES string of the molecule is CC(C)(C)OC(=O)N1C(/C=C\CCCC(=O)O)COC1(C)C. The Morgan fingerprint density at radius 2 is 2.05 bits per heavy atom. The molecule has 1 atom stereocenters. The van der Waals surface area contributed by atoms with Crippen molar-refractivity contribution in [1.82, 2.24) is 4.90 Å². The minimum Gasteiger partial charge on any atom is -0.481 e. The Hall–Kier alpha value is -1.56. The topological polar surface area (TPSA) is 76.1 Å². The third kappa shape index (κ3) is 5.67. The van der Waals surface area contributed by atoms with E-state index in [1.54, 1.807) is 4.90 Å². The molecule has 6 heteroatoms. The van der Waals surface area contributed by atoms with Crippen molar-refractivity contribution in [1.29, 1.82) is 0 Å². The van der Waals surface area contributed by atoms with Crippen LogP contribution in [-0.2, 0) is 14.3 Å². The lowest BCUT2D eigenvalue weighted by molar-refractivity contribution is -0.137. The Balaban J connectivity index is 2.67. The van der Waals surface area contributed by atoms with Crippen molar-refractivity contribution in [3.63, 3.8) is 0 Å². The summed E-state index contributed by atoms with van der Waals surface area (Å²) in [5.74, 6) is -0.797. The molecule has 0 radical (unpaired) electrons. The predicted octanol–water partition coefficient (Wildman–Crippen LogP) is 3.17. The maximum atomic E-state index is 12.4. The summed E-state index contributed by atoms with van der Waals surface area (Å²) in [6, 6.07) is -0.199. The van der Waals surface area contributed by atoms with Gasteiger partial charge in [0.25, 0.3) is 0 Å². The number of carbonyl (C=O) groups excluding carboxylic acids is 1. The fraction of sp³-hybridized carbons (Fsp3) is 0.750. The van der Waals surface area contributed by atoms with Crippen molar-refractivity contribution in [2.75, 3.05) is 6.61 Å². The molecule has 0 aromatic heterocycles. The quantitative estimate of drug-likeness (QED) is 0.623. The van der Waals surface area contributed by atoms with E-state index >= 15 is 0 Å². The van der Waals surface area contributed by atoms with Crippen LogP contribution < -0.4 is 0 Å². The number of aliphatic carboxylic acids is 1. The van der Waals surface area contributed by atoms with Gasteiger partial charge in [0.15, 0.2) is 0 Å². The number of carboxylic acid groups (broad SMARTS) is 1. The van der Waals surface area contributed by atoms with Crippen LogP contribution in [0.1, 0.15) is 53.9 Å². The summed E-state index contributed by atoms with van der Waals surface area (Å²) >= 11 is 0. The number of nitrogens with zero attached hydrogens (tertiary/aromatic N) is 1. The van der Waals surface area contributed by atoms with Crippen molar-refractivity contribution in [3.8, 4) is 0 Å². The molecular weight excluding hydrogens is 286 g/mol. The molecule has 1 saturated heterocycles. The van der Waals surface area contributed by atoms with Crippen LogP contribution >= 0.6 is 0 Å². The lowest BCUT2D eigenvalue weighted by Gasteiger charge is -2.34. The fourth-order valence-corrected chi connectivity index (χ4v) is 2.27. The van der Waals surface area contributed by atoms with E-state index in [1.807, 2.05) is 46.8 Å². The molecule has 0 aromatic rings. The Labute approximate surface area is 132 Å².